The molecule has 29 heavy (non-hydrogen) atoms. The van der Waals surface area contributed by atoms with Gasteiger partial charge in [-0.2, -0.15) is 0 Å². The maximum absolute atomic E-state index is 14.9. The third-order valence-electron chi connectivity index (χ3n) is 5.79. The molecule has 2 heterocycles. The zero-order valence-electron chi connectivity index (χ0n) is 16.3. The lowest BCUT2D eigenvalue weighted by Crippen LogP contribution is -2.32. The summed E-state index contributed by atoms with van der Waals surface area (Å²) in [5, 5.41) is 0. The van der Waals surface area contributed by atoms with Crippen LogP contribution >= 0.6 is 0 Å². The number of nitrogens with two attached hydrogens (primary N) is 1. The summed E-state index contributed by atoms with van der Waals surface area (Å²) in [6.45, 7) is 2.47. The van der Waals surface area contributed by atoms with Crippen LogP contribution in [0.15, 0.2) is 54.6 Å². The summed E-state index contributed by atoms with van der Waals surface area (Å²) in [6, 6.07) is 5.57. The van der Waals surface area contributed by atoms with E-state index in [0.29, 0.717) is 18.2 Å². The normalized spacial score (nSPS) is 24.9. The molecule has 2 N–H and O–H groups in total. The number of pyridine rings is 1. The Labute approximate surface area is 168 Å². The predicted octanol–water partition coefficient (Wildman–Crippen LogP) is 5.31. The molecule has 2 aliphatic rings. The van der Waals surface area contributed by atoms with Crippen LogP contribution in [0.2, 0.25) is 0 Å². The summed E-state index contributed by atoms with van der Waals surface area (Å²) >= 11 is 0. The Balaban J connectivity index is 1.82. The number of anilines is 1. The zero-order chi connectivity index (χ0) is 20.5. The molecule has 1 fully saturated rings. The highest BCUT2D eigenvalue weighted by molar-refractivity contribution is 5.84. The summed E-state index contributed by atoms with van der Waals surface area (Å²) in [7, 11) is 0. The van der Waals surface area contributed by atoms with Crippen molar-refractivity contribution >= 4 is 11.4 Å². The molecule has 3 atom stereocenters. The van der Waals surface area contributed by atoms with Crippen LogP contribution in [0.5, 0.6) is 0 Å². The van der Waals surface area contributed by atoms with Crippen molar-refractivity contribution < 1.29 is 13.2 Å². The minimum absolute atomic E-state index is 0.0989. The van der Waals surface area contributed by atoms with Crippen LogP contribution in [0.25, 0.3) is 5.70 Å². The van der Waals surface area contributed by atoms with Crippen molar-refractivity contribution in [2.24, 2.45) is 11.7 Å². The van der Waals surface area contributed by atoms with Gasteiger partial charge >= 0.3 is 0 Å². The minimum Gasteiger partial charge on any atom is -0.333 e. The van der Waals surface area contributed by atoms with E-state index in [-0.39, 0.29) is 23.2 Å². The highest BCUT2D eigenvalue weighted by Gasteiger charge is 2.31. The van der Waals surface area contributed by atoms with E-state index in [2.05, 4.69) is 11.9 Å². The molecule has 2 aromatic rings. The molecule has 0 radical (unpaired) electrons. The summed E-state index contributed by atoms with van der Waals surface area (Å²) in [5.74, 6) is -1.61. The van der Waals surface area contributed by atoms with E-state index in [0.717, 1.165) is 37.0 Å². The Bertz CT molecular complexity index is 939. The van der Waals surface area contributed by atoms with Gasteiger partial charge in [0.15, 0.2) is 0 Å². The number of aromatic nitrogens is 1. The molecule has 152 valence electrons. The molecule has 0 spiro atoms. The van der Waals surface area contributed by atoms with Crippen molar-refractivity contribution in [3.8, 4) is 0 Å². The summed E-state index contributed by atoms with van der Waals surface area (Å²) < 4.78 is 44.0. The molecule has 1 unspecified atom stereocenters. The van der Waals surface area contributed by atoms with Crippen LogP contribution in [0, 0.1) is 17.6 Å². The van der Waals surface area contributed by atoms with Gasteiger partial charge < -0.3 is 10.6 Å². The van der Waals surface area contributed by atoms with E-state index >= 15 is 0 Å². The van der Waals surface area contributed by atoms with E-state index in [1.165, 1.54) is 12.1 Å². The first kappa shape index (κ1) is 19.7. The summed E-state index contributed by atoms with van der Waals surface area (Å²) in [4.78, 5) is 5.84. The van der Waals surface area contributed by atoms with Crippen molar-refractivity contribution in [2.75, 3.05) is 11.4 Å². The van der Waals surface area contributed by atoms with Crippen LogP contribution in [-0.2, 0) is 0 Å². The molecular formula is C23H24F3N3. The van der Waals surface area contributed by atoms with Crippen LogP contribution in [0.4, 0.5) is 18.9 Å². The maximum Gasteiger partial charge on any atom is 0.147 e. The van der Waals surface area contributed by atoms with Crippen molar-refractivity contribution in [1.29, 1.82) is 0 Å². The van der Waals surface area contributed by atoms with Crippen molar-refractivity contribution in [3.63, 3.8) is 0 Å². The number of allylic oxidation sites excluding steroid dienone is 2. The van der Waals surface area contributed by atoms with Crippen molar-refractivity contribution in [1.82, 2.24) is 4.98 Å². The van der Waals surface area contributed by atoms with Gasteiger partial charge in [0, 0.05) is 18.8 Å². The molecule has 3 nitrogen and oxygen atoms in total. The fourth-order valence-electron chi connectivity index (χ4n) is 4.64. The van der Waals surface area contributed by atoms with Gasteiger partial charge in [0.2, 0.25) is 0 Å². The van der Waals surface area contributed by atoms with Crippen LogP contribution in [0.1, 0.15) is 43.2 Å². The quantitative estimate of drug-likeness (QED) is 0.761. The second kappa shape index (κ2) is 8.03. The molecule has 4 rings (SSSR count). The van der Waals surface area contributed by atoms with E-state index < -0.39 is 17.5 Å². The first-order valence-electron chi connectivity index (χ1n) is 9.93. The topological polar surface area (TPSA) is 42.2 Å². The highest BCUT2D eigenvalue weighted by atomic mass is 19.1. The first-order valence-corrected chi connectivity index (χ1v) is 9.93. The maximum atomic E-state index is 14.9. The first-order chi connectivity index (χ1) is 14.0. The van der Waals surface area contributed by atoms with Gasteiger partial charge in [-0.25, -0.2) is 13.2 Å². The Morgan fingerprint density at radius 3 is 2.55 bits per heavy atom. The molecule has 1 aliphatic carbocycles. The summed E-state index contributed by atoms with van der Waals surface area (Å²) in [5.41, 5.74) is 7.43. The Morgan fingerprint density at radius 2 is 1.83 bits per heavy atom. The van der Waals surface area contributed by atoms with E-state index in [4.69, 9.17) is 5.73 Å². The monoisotopic (exact) mass is 399 g/mol. The van der Waals surface area contributed by atoms with Crippen LogP contribution in [-0.4, -0.2) is 17.6 Å². The van der Waals surface area contributed by atoms with Gasteiger partial charge in [-0.3, -0.25) is 4.98 Å². The van der Waals surface area contributed by atoms with Gasteiger partial charge in [0.25, 0.3) is 0 Å². The lowest BCUT2D eigenvalue weighted by molar-refractivity contribution is 0.308. The number of hydrogen-bond donors (Lipinski definition) is 1. The molecule has 1 aromatic heterocycles. The summed E-state index contributed by atoms with van der Waals surface area (Å²) in [6.07, 6.45) is 9.00. The van der Waals surface area contributed by atoms with Crippen LogP contribution < -0.4 is 10.6 Å². The second-order valence-electron chi connectivity index (χ2n) is 8.01. The van der Waals surface area contributed by atoms with Gasteiger partial charge in [0.1, 0.15) is 17.5 Å². The van der Waals surface area contributed by atoms with Gasteiger partial charge in [0.05, 0.1) is 23.1 Å². The van der Waals surface area contributed by atoms with Gasteiger partial charge in [-0.15, -0.1) is 0 Å². The Morgan fingerprint density at radius 1 is 1.07 bits per heavy atom. The lowest BCUT2D eigenvalue weighted by atomic mass is 9.76. The number of rotatable bonds is 3. The second-order valence-corrected chi connectivity index (χ2v) is 8.01. The number of benzene rings is 1. The molecule has 1 aliphatic heterocycles. The van der Waals surface area contributed by atoms with E-state index in [9.17, 15) is 13.2 Å². The molecule has 0 amide bonds. The van der Waals surface area contributed by atoms with E-state index in [1.807, 2.05) is 6.07 Å². The fraction of sp³-hybridized carbons (Fsp3) is 0.348. The molecule has 0 bridgehead atoms. The zero-order valence-corrected chi connectivity index (χ0v) is 16.3. The number of nitrogens with zero attached hydrogens (tertiary/aromatic N) is 2. The minimum atomic E-state index is -0.797. The average Bonchev–Trinajstić information content (AvgIpc) is 2.68. The smallest absolute Gasteiger partial charge is 0.147 e. The molecule has 6 heteroatoms. The largest absolute Gasteiger partial charge is 0.333 e. The Kier molecular flexibility index (Phi) is 5.46. The fourth-order valence-corrected chi connectivity index (χ4v) is 4.64. The highest BCUT2D eigenvalue weighted by Crippen LogP contribution is 2.42. The van der Waals surface area contributed by atoms with Crippen LogP contribution in [0.3, 0.4) is 0 Å². The van der Waals surface area contributed by atoms with Gasteiger partial charge in [-0.1, -0.05) is 19.1 Å². The lowest BCUT2D eigenvalue weighted by Gasteiger charge is -2.36. The Hall–Kier alpha value is -2.60. The van der Waals surface area contributed by atoms with Crippen molar-refractivity contribution in [3.05, 3.63) is 77.4 Å². The standard InChI is InChI=1S/C23H24F3N3/c1-14-10-15(12-16(27)11-14)17-7-8-28-13-21(17)29-9-3-6-20(26)23(29)22-18(24)4-2-5-19(22)25/h2-8,13-16H,9-12,27H2,1H3/t14-,15?,16-/m0/s1. The number of hydrogen-bond acceptors (Lipinski definition) is 3. The third kappa shape index (κ3) is 3.81. The van der Waals surface area contributed by atoms with Crippen molar-refractivity contribution in [2.45, 2.75) is 38.1 Å². The predicted molar refractivity (Wildman–Crippen MR) is 109 cm³/mol. The number of halogens is 3. The third-order valence-corrected chi connectivity index (χ3v) is 5.79. The van der Waals surface area contributed by atoms with E-state index in [1.54, 1.807) is 23.4 Å². The average molecular weight is 399 g/mol. The van der Waals surface area contributed by atoms with Gasteiger partial charge in [-0.05, 0) is 60.9 Å². The molecule has 1 aromatic carbocycles. The molecule has 1 saturated carbocycles. The molecule has 0 saturated heterocycles. The SMILES string of the molecule is C[C@H]1CC(c2ccncc2N2CC=CC(F)=C2c2c(F)cccc2F)C[C@@H](N)C1. The molecular weight excluding hydrogens is 375 g/mol.